The smallest absolute Gasteiger partial charge is 0.358 e. The van der Waals surface area contributed by atoms with Crippen molar-refractivity contribution in [1.29, 1.82) is 0 Å². The van der Waals surface area contributed by atoms with E-state index in [2.05, 4.69) is 9.97 Å². The lowest BCUT2D eigenvalue weighted by atomic mass is 10.2. The fourth-order valence-electron chi connectivity index (χ4n) is 2.08. The lowest BCUT2D eigenvalue weighted by molar-refractivity contribution is 0.0519. The van der Waals surface area contributed by atoms with Gasteiger partial charge in [-0.15, -0.1) is 11.3 Å². The zero-order valence-electron chi connectivity index (χ0n) is 11.8. The minimum Gasteiger partial charge on any atom is -0.461 e. The van der Waals surface area contributed by atoms with E-state index >= 15 is 0 Å². The van der Waals surface area contributed by atoms with Gasteiger partial charge in [0.05, 0.1) is 17.8 Å². The standard InChI is InChI=1S/C16H14N2O2S/c1-3-20-16(19)14-10(2)21-15(18-14)13-9-8-11-6-4-5-7-12(11)17-13/h4-9H,3H2,1-2H3. The summed E-state index contributed by atoms with van der Waals surface area (Å²) in [6.45, 7) is 4.00. The van der Waals surface area contributed by atoms with Crippen molar-refractivity contribution in [1.82, 2.24) is 9.97 Å². The zero-order chi connectivity index (χ0) is 14.8. The highest BCUT2D eigenvalue weighted by atomic mass is 32.1. The van der Waals surface area contributed by atoms with E-state index in [9.17, 15) is 4.79 Å². The third-order valence-corrected chi connectivity index (χ3v) is 4.08. The second-order valence-corrected chi connectivity index (χ2v) is 5.74. The fraction of sp³-hybridized carbons (Fsp3) is 0.188. The zero-order valence-corrected chi connectivity index (χ0v) is 12.6. The fourth-order valence-corrected chi connectivity index (χ4v) is 2.95. The monoisotopic (exact) mass is 298 g/mol. The van der Waals surface area contributed by atoms with Crippen LogP contribution in [0.1, 0.15) is 22.3 Å². The third-order valence-electron chi connectivity index (χ3n) is 3.08. The van der Waals surface area contributed by atoms with Crippen molar-refractivity contribution in [3.8, 4) is 10.7 Å². The molecule has 2 aromatic heterocycles. The van der Waals surface area contributed by atoms with Crippen LogP contribution in [0.25, 0.3) is 21.6 Å². The Balaban J connectivity index is 2.02. The number of carbonyl (C=O) groups excluding carboxylic acids is 1. The van der Waals surface area contributed by atoms with E-state index in [1.54, 1.807) is 6.92 Å². The predicted octanol–water partition coefficient (Wildman–Crippen LogP) is 3.84. The normalized spacial score (nSPS) is 10.8. The molecule has 106 valence electrons. The first-order valence-corrected chi connectivity index (χ1v) is 7.51. The first-order valence-electron chi connectivity index (χ1n) is 6.69. The van der Waals surface area contributed by atoms with Gasteiger partial charge >= 0.3 is 5.97 Å². The van der Waals surface area contributed by atoms with Crippen molar-refractivity contribution in [2.24, 2.45) is 0 Å². The van der Waals surface area contributed by atoms with E-state index in [0.29, 0.717) is 12.3 Å². The van der Waals surface area contributed by atoms with Gasteiger partial charge in [0.2, 0.25) is 0 Å². The number of carbonyl (C=O) groups is 1. The van der Waals surface area contributed by atoms with Gasteiger partial charge in [0, 0.05) is 10.3 Å². The van der Waals surface area contributed by atoms with Crippen LogP contribution in [0, 0.1) is 6.92 Å². The molecule has 0 radical (unpaired) electrons. The third kappa shape index (κ3) is 2.64. The Hall–Kier alpha value is -2.27. The van der Waals surface area contributed by atoms with Crippen LogP contribution in [0.5, 0.6) is 0 Å². The van der Waals surface area contributed by atoms with E-state index in [1.807, 2.05) is 43.3 Å². The summed E-state index contributed by atoms with van der Waals surface area (Å²) in [5.74, 6) is -0.377. The molecule has 0 bridgehead atoms. The SMILES string of the molecule is CCOC(=O)c1nc(-c2ccc3ccccc3n2)sc1C. The summed E-state index contributed by atoms with van der Waals surface area (Å²) < 4.78 is 5.01. The van der Waals surface area contributed by atoms with E-state index in [4.69, 9.17) is 4.74 Å². The van der Waals surface area contributed by atoms with Crippen LogP contribution < -0.4 is 0 Å². The molecule has 0 unspecified atom stereocenters. The van der Waals surface area contributed by atoms with Crippen molar-refractivity contribution in [2.75, 3.05) is 6.61 Å². The number of rotatable bonds is 3. The molecule has 0 atom stereocenters. The number of aryl methyl sites for hydroxylation is 1. The van der Waals surface area contributed by atoms with Crippen LogP contribution in [-0.4, -0.2) is 22.5 Å². The molecule has 0 aliphatic carbocycles. The van der Waals surface area contributed by atoms with Gasteiger partial charge in [-0.25, -0.2) is 14.8 Å². The highest BCUT2D eigenvalue weighted by Crippen LogP contribution is 2.28. The van der Waals surface area contributed by atoms with E-state index < -0.39 is 0 Å². The second-order valence-electron chi connectivity index (χ2n) is 4.53. The number of hydrogen-bond donors (Lipinski definition) is 0. The van der Waals surface area contributed by atoms with Crippen molar-refractivity contribution in [3.63, 3.8) is 0 Å². The lowest BCUT2D eigenvalue weighted by Gasteiger charge is -2.00. The quantitative estimate of drug-likeness (QED) is 0.689. The summed E-state index contributed by atoms with van der Waals surface area (Å²) in [5.41, 5.74) is 2.07. The van der Waals surface area contributed by atoms with Gasteiger partial charge in [0.25, 0.3) is 0 Å². The Morgan fingerprint density at radius 3 is 2.81 bits per heavy atom. The van der Waals surface area contributed by atoms with Gasteiger partial charge < -0.3 is 4.74 Å². The Labute approximate surface area is 126 Å². The Bertz CT molecular complexity index is 811. The van der Waals surface area contributed by atoms with Gasteiger partial charge in [0.1, 0.15) is 5.01 Å². The molecule has 0 spiro atoms. The average molecular weight is 298 g/mol. The van der Waals surface area contributed by atoms with Gasteiger partial charge in [-0.05, 0) is 26.0 Å². The van der Waals surface area contributed by atoms with Crippen LogP contribution in [-0.2, 0) is 4.74 Å². The molecule has 0 saturated carbocycles. The molecule has 0 N–H and O–H groups in total. The molecular formula is C16H14N2O2S. The number of benzene rings is 1. The molecule has 1 aromatic carbocycles. The number of thiazole rings is 1. The van der Waals surface area contributed by atoms with E-state index in [0.717, 1.165) is 26.5 Å². The van der Waals surface area contributed by atoms with Gasteiger partial charge in [-0.3, -0.25) is 0 Å². The Morgan fingerprint density at radius 1 is 1.19 bits per heavy atom. The van der Waals surface area contributed by atoms with Crippen LogP contribution >= 0.6 is 11.3 Å². The second kappa shape index (κ2) is 5.61. The summed E-state index contributed by atoms with van der Waals surface area (Å²) in [6, 6.07) is 11.9. The Kier molecular flexibility index (Phi) is 3.66. The lowest BCUT2D eigenvalue weighted by Crippen LogP contribution is -2.06. The molecule has 0 aliphatic heterocycles. The maximum absolute atomic E-state index is 11.8. The molecule has 2 heterocycles. The molecule has 3 rings (SSSR count). The highest BCUT2D eigenvalue weighted by molar-refractivity contribution is 7.15. The molecule has 3 aromatic rings. The van der Waals surface area contributed by atoms with Crippen molar-refractivity contribution in [3.05, 3.63) is 47.0 Å². The highest BCUT2D eigenvalue weighted by Gasteiger charge is 2.17. The molecule has 0 saturated heterocycles. The van der Waals surface area contributed by atoms with Gasteiger partial charge in [0.15, 0.2) is 5.69 Å². The minimum absolute atomic E-state index is 0.347. The molecule has 21 heavy (non-hydrogen) atoms. The van der Waals surface area contributed by atoms with Gasteiger partial charge in [-0.2, -0.15) is 0 Å². The minimum atomic E-state index is -0.377. The Morgan fingerprint density at radius 2 is 2.00 bits per heavy atom. The summed E-state index contributed by atoms with van der Waals surface area (Å²) in [4.78, 5) is 21.7. The number of ether oxygens (including phenoxy) is 1. The van der Waals surface area contributed by atoms with Crippen molar-refractivity contribution < 1.29 is 9.53 Å². The number of fused-ring (bicyclic) bond motifs is 1. The molecular weight excluding hydrogens is 284 g/mol. The average Bonchev–Trinajstić information content (AvgIpc) is 2.89. The van der Waals surface area contributed by atoms with Crippen LogP contribution in [0.4, 0.5) is 0 Å². The van der Waals surface area contributed by atoms with Crippen LogP contribution in [0.2, 0.25) is 0 Å². The first-order chi connectivity index (χ1) is 10.2. The summed E-state index contributed by atoms with van der Waals surface area (Å²) in [7, 11) is 0. The summed E-state index contributed by atoms with van der Waals surface area (Å²) in [6.07, 6.45) is 0. The summed E-state index contributed by atoms with van der Waals surface area (Å²) in [5, 5.41) is 1.82. The first kappa shape index (κ1) is 13.7. The van der Waals surface area contributed by atoms with E-state index in [1.165, 1.54) is 11.3 Å². The number of para-hydroxylation sites is 1. The largest absolute Gasteiger partial charge is 0.461 e. The van der Waals surface area contributed by atoms with Crippen LogP contribution in [0.15, 0.2) is 36.4 Å². The number of pyridine rings is 1. The summed E-state index contributed by atoms with van der Waals surface area (Å²) >= 11 is 1.46. The molecule has 0 fully saturated rings. The number of esters is 1. The molecule has 5 heteroatoms. The topological polar surface area (TPSA) is 52.1 Å². The molecule has 0 amide bonds. The van der Waals surface area contributed by atoms with Crippen molar-refractivity contribution >= 4 is 28.2 Å². The molecule has 4 nitrogen and oxygen atoms in total. The van der Waals surface area contributed by atoms with E-state index in [-0.39, 0.29) is 5.97 Å². The molecule has 0 aliphatic rings. The maximum atomic E-state index is 11.8. The van der Waals surface area contributed by atoms with Crippen LogP contribution in [0.3, 0.4) is 0 Å². The number of nitrogens with zero attached hydrogens (tertiary/aromatic N) is 2. The maximum Gasteiger partial charge on any atom is 0.358 e. The van der Waals surface area contributed by atoms with Gasteiger partial charge in [-0.1, -0.05) is 24.3 Å². The van der Waals surface area contributed by atoms with Crippen molar-refractivity contribution in [2.45, 2.75) is 13.8 Å². The number of aromatic nitrogens is 2. The number of hydrogen-bond acceptors (Lipinski definition) is 5. The predicted molar refractivity (Wildman–Crippen MR) is 83.5 cm³/mol.